The Kier molecular flexibility index (Phi) is 4.95. The van der Waals surface area contributed by atoms with Crippen molar-refractivity contribution in [3.63, 3.8) is 0 Å². The molecule has 0 saturated heterocycles. The summed E-state index contributed by atoms with van der Waals surface area (Å²) >= 11 is 0. The van der Waals surface area contributed by atoms with Crippen molar-refractivity contribution in [2.75, 3.05) is 0 Å². The third kappa shape index (κ3) is 4.85. The molecule has 0 aliphatic carbocycles. The van der Waals surface area contributed by atoms with Crippen LogP contribution < -0.4 is 0 Å². The van der Waals surface area contributed by atoms with Crippen LogP contribution in [0.4, 0.5) is 4.39 Å². The van der Waals surface area contributed by atoms with Gasteiger partial charge in [-0.25, -0.2) is 12.8 Å². The van der Waals surface area contributed by atoms with E-state index in [1.165, 1.54) is 0 Å². The van der Waals surface area contributed by atoms with Crippen molar-refractivity contribution in [2.24, 2.45) is 0 Å². The van der Waals surface area contributed by atoms with Crippen LogP contribution in [0.5, 0.6) is 0 Å². The highest BCUT2D eigenvalue weighted by Gasteiger charge is 2.10. The summed E-state index contributed by atoms with van der Waals surface area (Å²) in [4.78, 5) is -0.0221. The van der Waals surface area contributed by atoms with E-state index in [2.05, 4.69) is 6.58 Å². The van der Waals surface area contributed by atoms with Gasteiger partial charge < -0.3 is 0 Å². The standard InChI is InChI=1S/C8H10ClFO2S/c1-3-7(10)5-6-8(4-2)13(9,11)12/h3,5-6H,1,4H2,2H3. The topological polar surface area (TPSA) is 34.1 Å². The minimum Gasteiger partial charge on any atom is -0.207 e. The molecule has 0 N–H and O–H groups in total. The Morgan fingerprint density at radius 2 is 2.08 bits per heavy atom. The first-order chi connectivity index (χ1) is 5.91. The molecule has 0 radical (unpaired) electrons. The van der Waals surface area contributed by atoms with Crippen molar-refractivity contribution >= 4 is 19.7 Å². The lowest BCUT2D eigenvalue weighted by Gasteiger charge is -1.95. The maximum absolute atomic E-state index is 12.5. The van der Waals surface area contributed by atoms with Gasteiger partial charge in [0.1, 0.15) is 5.83 Å². The van der Waals surface area contributed by atoms with Gasteiger partial charge in [-0.15, -0.1) is 0 Å². The Balaban J connectivity index is 4.91. The second-order valence-electron chi connectivity index (χ2n) is 2.18. The summed E-state index contributed by atoms with van der Waals surface area (Å²) in [5, 5.41) is 0. The van der Waals surface area contributed by atoms with E-state index < -0.39 is 14.9 Å². The van der Waals surface area contributed by atoms with Crippen molar-refractivity contribution < 1.29 is 12.8 Å². The normalized spacial score (nSPS) is 14.4. The Morgan fingerprint density at radius 1 is 1.54 bits per heavy atom. The maximum atomic E-state index is 12.5. The molecule has 0 spiro atoms. The van der Waals surface area contributed by atoms with Crippen LogP contribution in [-0.2, 0) is 9.05 Å². The summed E-state index contributed by atoms with van der Waals surface area (Å²) in [5.74, 6) is -0.605. The highest BCUT2D eigenvalue weighted by Crippen LogP contribution is 2.16. The molecule has 0 aliphatic rings. The summed E-state index contributed by atoms with van der Waals surface area (Å²) in [6.07, 6.45) is 3.34. The molecule has 0 heterocycles. The van der Waals surface area contributed by atoms with Gasteiger partial charge in [0.05, 0.1) is 4.91 Å². The molecule has 0 saturated carbocycles. The first-order valence-corrected chi connectivity index (χ1v) is 5.86. The predicted molar refractivity (Wildman–Crippen MR) is 52.5 cm³/mol. The second-order valence-corrected chi connectivity index (χ2v) is 4.80. The lowest BCUT2D eigenvalue weighted by atomic mass is 10.3. The van der Waals surface area contributed by atoms with E-state index in [1.54, 1.807) is 6.92 Å². The fourth-order valence-electron chi connectivity index (χ4n) is 0.612. The minimum atomic E-state index is -3.73. The lowest BCUT2D eigenvalue weighted by Crippen LogP contribution is -1.92. The molecule has 0 fully saturated rings. The fourth-order valence-corrected chi connectivity index (χ4v) is 1.67. The van der Waals surface area contributed by atoms with Gasteiger partial charge in [-0.05, 0) is 24.6 Å². The molecule has 0 rings (SSSR count). The quantitative estimate of drug-likeness (QED) is 0.544. The van der Waals surface area contributed by atoms with Gasteiger partial charge in [-0.3, -0.25) is 0 Å². The van der Waals surface area contributed by atoms with Crippen LogP contribution in [0.1, 0.15) is 13.3 Å². The average Bonchev–Trinajstić information content (AvgIpc) is 2.02. The van der Waals surface area contributed by atoms with Gasteiger partial charge in [-0.2, -0.15) is 0 Å². The highest BCUT2D eigenvalue weighted by atomic mass is 35.7. The zero-order valence-corrected chi connectivity index (χ0v) is 8.70. The Labute approximate surface area is 81.8 Å². The van der Waals surface area contributed by atoms with E-state index >= 15 is 0 Å². The van der Waals surface area contributed by atoms with Gasteiger partial charge >= 0.3 is 0 Å². The summed E-state index contributed by atoms with van der Waals surface area (Å²) in [7, 11) is 1.32. The summed E-state index contributed by atoms with van der Waals surface area (Å²) in [6.45, 7) is 4.79. The third-order valence-corrected chi connectivity index (χ3v) is 2.93. The lowest BCUT2D eigenvalue weighted by molar-refractivity contribution is 0.613. The number of halogens is 2. The monoisotopic (exact) mass is 224 g/mol. The Hall–Kier alpha value is -0.610. The molecule has 74 valence electrons. The molecule has 0 bridgehead atoms. The fraction of sp³-hybridized carbons (Fsp3) is 0.250. The number of allylic oxidation sites excluding steroid dienone is 5. The van der Waals surface area contributed by atoms with E-state index in [0.29, 0.717) is 0 Å². The van der Waals surface area contributed by atoms with Crippen LogP contribution in [0, 0.1) is 0 Å². The van der Waals surface area contributed by atoms with Crippen molar-refractivity contribution in [1.29, 1.82) is 0 Å². The van der Waals surface area contributed by atoms with Crippen molar-refractivity contribution in [3.8, 4) is 0 Å². The summed E-state index contributed by atoms with van der Waals surface area (Å²) < 4.78 is 34.0. The Morgan fingerprint density at radius 3 is 2.38 bits per heavy atom. The van der Waals surface area contributed by atoms with Crippen LogP contribution in [0.25, 0.3) is 0 Å². The molecule has 13 heavy (non-hydrogen) atoms. The third-order valence-electron chi connectivity index (χ3n) is 1.29. The first kappa shape index (κ1) is 12.4. The largest absolute Gasteiger partial charge is 0.257 e. The molecular weight excluding hydrogens is 215 g/mol. The van der Waals surface area contributed by atoms with Gasteiger partial charge in [-0.1, -0.05) is 13.5 Å². The first-order valence-electron chi connectivity index (χ1n) is 3.55. The zero-order valence-electron chi connectivity index (χ0n) is 7.13. The van der Waals surface area contributed by atoms with Crippen LogP contribution in [0.15, 0.2) is 35.5 Å². The molecule has 0 aromatic rings. The zero-order chi connectivity index (χ0) is 10.5. The smallest absolute Gasteiger partial charge is 0.207 e. The van der Waals surface area contributed by atoms with E-state index in [0.717, 1.165) is 18.2 Å². The number of hydrogen-bond acceptors (Lipinski definition) is 2. The van der Waals surface area contributed by atoms with Crippen molar-refractivity contribution in [2.45, 2.75) is 13.3 Å². The molecule has 0 atom stereocenters. The minimum absolute atomic E-state index is 0.0221. The predicted octanol–water partition coefficient (Wildman–Crippen LogP) is 2.89. The molecule has 0 amide bonds. The average molecular weight is 225 g/mol. The number of hydrogen-bond donors (Lipinski definition) is 0. The van der Waals surface area contributed by atoms with Crippen LogP contribution in [0.3, 0.4) is 0 Å². The van der Waals surface area contributed by atoms with E-state index in [-0.39, 0.29) is 11.3 Å². The molecule has 0 aromatic heterocycles. The van der Waals surface area contributed by atoms with Crippen LogP contribution in [0.2, 0.25) is 0 Å². The van der Waals surface area contributed by atoms with E-state index in [9.17, 15) is 12.8 Å². The highest BCUT2D eigenvalue weighted by molar-refractivity contribution is 8.16. The summed E-state index contributed by atoms with van der Waals surface area (Å²) in [5.41, 5.74) is 0. The van der Waals surface area contributed by atoms with E-state index in [4.69, 9.17) is 10.7 Å². The second kappa shape index (κ2) is 5.19. The molecule has 0 unspecified atom stereocenters. The maximum Gasteiger partial charge on any atom is 0.257 e. The van der Waals surface area contributed by atoms with Crippen LogP contribution in [-0.4, -0.2) is 8.42 Å². The van der Waals surface area contributed by atoms with Crippen LogP contribution >= 0.6 is 10.7 Å². The van der Waals surface area contributed by atoms with Gasteiger partial charge in [0.15, 0.2) is 0 Å². The molecule has 0 aliphatic heterocycles. The summed E-state index contributed by atoms with van der Waals surface area (Å²) in [6, 6.07) is 0. The Bertz CT molecular complexity index is 341. The molecule has 5 heteroatoms. The van der Waals surface area contributed by atoms with E-state index in [1.807, 2.05) is 0 Å². The van der Waals surface area contributed by atoms with Gasteiger partial charge in [0.2, 0.25) is 0 Å². The molecule has 2 nitrogen and oxygen atoms in total. The molecular formula is C8H10ClFO2S. The van der Waals surface area contributed by atoms with Crippen molar-refractivity contribution in [1.82, 2.24) is 0 Å². The van der Waals surface area contributed by atoms with Gasteiger partial charge in [0, 0.05) is 10.7 Å². The SMILES string of the molecule is C=CC(F)=CC=C(CC)S(=O)(=O)Cl. The van der Waals surface area contributed by atoms with Crippen molar-refractivity contribution in [3.05, 3.63) is 35.5 Å². The van der Waals surface area contributed by atoms with Gasteiger partial charge in [0.25, 0.3) is 9.05 Å². The molecule has 0 aromatic carbocycles. The number of rotatable bonds is 4.